The number of benzene rings is 3. The van der Waals surface area contributed by atoms with E-state index < -0.39 is 45.7 Å². The highest BCUT2D eigenvalue weighted by Gasteiger charge is 2.47. The summed E-state index contributed by atoms with van der Waals surface area (Å²) in [6, 6.07) is 10.7. The van der Waals surface area contributed by atoms with Crippen LogP contribution in [0.3, 0.4) is 0 Å². The first-order valence-corrected chi connectivity index (χ1v) is 10.3. The fourth-order valence-corrected chi connectivity index (χ4v) is 3.97. The second kappa shape index (κ2) is 8.77. The minimum Gasteiger partial charge on any atom is -0.507 e. The van der Waals surface area contributed by atoms with Crippen LogP contribution in [-0.2, 0) is 9.59 Å². The Kier molecular flexibility index (Phi) is 5.99. The SMILES string of the molecule is O=C1C(=O)N(c2ccc(F)cc2)C(c2ccc(O)c([N+](=O)[O-])c2)/C1=C(/O)c1ccc(Cl)c(Cl)c1. The van der Waals surface area contributed by atoms with Crippen molar-refractivity contribution in [3.63, 3.8) is 0 Å². The Balaban J connectivity index is 1.99. The molecule has 34 heavy (non-hydrogen) atoms. The van der Waals surface area contributed by atoms with Crippen LogP contribution >= 0.6 is 23.2 Å². The number of ketones is 1. The minimum absolute atomic E-state index is 0.0506. The average Bonchev–Trinajstić information content (AvgIpc) is 3.06. The van der Waals surface area contributed by atoms with Gasteiger partial charge < -0.3 is 10.2 Å². The van der Waals surface area contributed by atoms with Gasteiger partial charge in [-0.3, -0.25) is 24.6 Å². The third-order valence-electron chi connectivity index (χ3n) is 5.25. The number of anilines is 1. The lowest BCUT2D eigenvalue weighted by atomic mass is 9.94. The van der Waals surface area contributed by atoms with Gasteiger partial charge >= 0.3 is 5.69 Å². The van der Waals surface area contributed by atoms with Crippen LogP contribution in [0.2, 0.25) is 10.0 Å². The van der Waals surface area contributed by atoms with Gasteiger partial charge in [-0.05, 0) is 54.1 Å². The predicted octanol–water partition coefficient (Wildman–Crippen LogP) is 5.37. The molecule has 1 fully saturated rings. The normalized spacial score (nSPS) is 17.3. The van der Waals surface area contributed by atoms with Crippen LogP contribution in [0.15, 0.2) is 66.2 Å². The monoisotopic (exact) mass is 502 g/mol. The number of halogens is 3. The maximum absolute atomic E-state index is 13.5. The highest BCUT2D eigenvalue weighted by Crippen LogP contribution is 2.44. The van der Waals surface area contributed by atoms with Gasteiger partial charge in [0.2, 0.25) is 0 Å². The van der Waals surface area contributed by atoms with Crippen LogP contribution in [0, 0.1) is 15.9 Å². The van der Waals surface area contributed by atoms with E-state index >= 15 is 0 Å². The molecule has 0 saturated carbocycles. The number of nitro groups is 1. The van der Waals surface area contributed by atoms with Gasteiger partial charge in [-0.25, -0.2) is 4.39 Å². The molecule has 1 aliphatic rings. The maximum atomic E-state index is 13.5. The van der Waals surface area contributed by atoms with Gasteiger partial charge in [-0.15, -0.1) is 0 Å². The van der Waals surface area contributed by atoms with Crippen molar-refractivity contribution in [1.29, 1.82) is 0 Å². The van der Waals surface area contributed by atoms with E-state index in [0.29, 0.717) is 0 Å². The van der Waals surface area contributed by atoms with E-state index in [1.165, 1.54) is 36.4 Å². The molecule has 0 spiro atoms. The summed E-state index contributed by atoms with van der Waals surface area (Å²) < 4.78 is 13.5. The van der Waals surface area contributed by atoms with E-state index in [1.807, 2.05) is 0 Å². The molecule has 0 bridgehead atoms. The summed E-state index contributed by atoms with van der Waals surface area (Å²) >= 11 is 12.0. The molecular weight excluding hydrogens is 490 g/mol. The molecule has 3 aromatic carbocycles. The van der Waals surface area contributed by atoms with Gasteiger partial charge in [0, 0.05) is 17.3 Å². The van der Waals surface area contributed by atoms with Gasteiger partial charge in [-0.2, -0.15) is 0 Å². The first-order chi connectivity index (χ1) is 16.1. The molecule has 1 saturated heterocycles. The molecule has 3 aromatic rings. The Bertz CT molecular complexity index is 1390. The fraction of sp³-hybridized carbons (Fsp3) is 0.0435. The number of amides is 1. The van der Waals surface area contributed by atoms with Crippen molar-refractivity contribution in [2.75, 3.05) is 4.90 Å². The topological polar surface area (TPSA) is 121 Å². The molecule has 0 radical (unpaired) electrons. The molecule has 1 atom stereocenters. The lowest BCUT2D eigenvalue weighted by Gasteiger charge is -2.25. The summed E-state index contributed by atoms with van der Waals surface area (Å²) in [6.07, 6.45) is 0. The minimum atomic E-state index is -1.33. The summed E-state index contributed by atoms with van der Waals surface area (Å²) in [5.74, 6) is -3.94. The number of hydrogen-bond acceptors (Lipinski definition) is 6. The molecule has 11 heteroatoms. The van der Waals surface area contributed by atoms with E-state index in [-0.39, 0.29) is 32.4 Å². The van der Waals surface area contributed by atoms with Crippen LogP contribution < -0.4 is 4.90 Å². The quantitative estimate of drug-likeness (QED) is 0.162. The van der Waals surface area contributed by atoms with Gasteiger partial charge in [0.25, 0.3) is 11.7 Å². The van der Waals surface area contributed by atoms with Crippen molar-refractivity contribution in [3.05, 3.63) is 103 Å². The third kappa shape index (κ3) is 3.95. The van der Waals surface area contributed by atoms with E-state index in [2.05, 4.69) is 0 Å². The number of aromatic hydroxyl groups is 1. The molecule has 0 aliphatic carbocycles. The molecule has 0 aromatic heterocycles. The lowest BCUT2D eigenvalue weighted by molar-refractivity contribution is -0.385. The Morgan fingerprint density at radius 1 is 1.00 bits per heavy atom. The summed E-state index contributed by atoms with van der Waals surface area (Å²) in [5, 5.41) is 32.5. The maximum Gasteiger partial charge on any atom is 0.311 e. The smallest absolute Gasteiger partial charge is 0.311 e. The number of carbonyl (C=O) groups excluding carboxylic acids is 2. The van der Waals surface area contributed by atoms with Crippen LogP contribution in [0.1, 0.15) is 17.2 Å². The molecule has 1 aliphatic heterocycles. The number of Topliss-reactive ketones (excluding diaryl/α,β-unsaturated/α-hetero) is 1. The molecular formula is C23H13Cl2FN2O6. The first kappa shape index (κ1) is 23.2. The van der Waals surface area contributed by atoms with Crippen LogP contribution in [0.5, 0.6) is 5.75 Å². The van der Waals surface area contributed by atoms with Crippen molar-refractivity contribution in [1.82, 2.24) is 0 Å². The van der Waals surface area contributed by atoms with Crippen molar-refractivity contribution in [3.8, 4) is 5.75 Å². The number of phenols is 1. The summed E-state index contributed by atoms with van der Waals surface area (Å²) in [7, 11) is 0. The standard InChI is InChI=1S/C23H13Cl2FN2O6/c24-15-7-1-12(9-16(15)25)21(30)19-20(11-2-8-18(29)17(10-11)28(33)34)27(23(32)22(19)31)14-5-3-13(26)4-6-14/h1-10,20,29-30H/b21-19-. The second-order valence-electron chi connectivity index (χ2n) is 7.28. The molecule has 1 unspecified atom stereocenters. The molecule has 2 N–H and O–H groups in total. The predicted molar refractivity (Wildman–Crippen MR) is 122 cm³/mol. The number of nitrogens with zero attached hydrogens (tertiary/aromatic N) is 2. The van der Waals surface area contributed by atoms with E-state index in [4.69, 9.17) is 23.2 Å². The highest BCUT2D eigenvalue weighted by atomic mass is 35.5. The zero-order valence-corrected chi connectivity index (χ0v) is 18.4. The Labute approximate surface area is 201 Å². The number of rotatable bonds is 4. The number of hydrogen-bond donors (Lipinski definition) is 2. The zero-order valence-electron chi connectivity index (χ0n) is 16.9. The Morgan fingerprint density at radius 2 is 1.68 bits per heavy atom. The van der Waals surface area contributed by atoms with Gasteiger partial charge in [0.1, 0.15) is 11.6 Å². The van der Waals surface area contributed by atoms with E-state index in [9.17, 15) is 34.3 Å². The Hall–Kier alpha value is -3.95. The fourth-order valence-electron chi connectivity index (χ4n) is 3.67. The van der Waals surface area contributed by atoms with Crippen molar-refractivity contribution >= 4 is 52.0 Å². The van der Waals surface area contributed by atoms with Gasteiger partial charge in [0.15, 0.2) is 5.75 Å². The zero-order chi connectivity index (χ0) is 24.7. The molecule has 1 heterocycles. The van der Waals surface area contributed by atoms with Crippen LogP contribution in [0.4, 0.5) is 15.8 Å². The number of nitro benzene ring substituents is 1. The molecule has 172 valence electrons. The summed E-state index contributed by atoms with van der Waals surface area (Å²) in [5.41, 5.74) is -0.818. The van der Waals surface area contributed by atoms with Gasteiger partial charge in [-0.1, -0.05) is 29.3 Å². The highest BCUT2D eigenvalue weighted by molar-refractivity contribution is 6.51. The number of aliphatic hydroxyl groups excluding tert-OH is 1. The summed E-state index contributed by atoms with van der Waals surface area (Å²) in [6.45, 7) is 0. The number of phenolic OH excluding ortho intramolecular Hbond substituents is 1. The number of aliphatic hydroxyl groups is 1. The van der Waals surface area contributed by atoms with E-state index in [0.717, 1.165) is 29.2 Å². The van der Waals surface area contributed by atoms with Crippen molar-refractivity contribution in [2.45, 2.75) is 6.04 Å². The molecule has 1 amide bonds. The average molecular weight is 503 g/mol. The molecule has 4 rings (SSSR count). The number of carbonyl (C=O) groups is 2. The lowest BCUT2D eigenvalue weighted by Crippen LogP contribution is -2.29. The van der Waals surface area contributed by atoms with Crippen molar-refractivity contribution in [2.24, 2.45) is 0 Å². The van der Waals surface area contributed by atoms with Crippen molar-refractivity contribution < 1.29 is 29.1 Å². The largest absolute Gasteiger partial charge is 0.507 e. The molecule has 8 nitrogen and oxygen atoms in total. The third-order valence-corrected chi connectivity index (χ3v) is 5.99. The second-order valence-corrected chi connectivity index (χ2v) is 8.09. The Morgan fingerprint density at radius 3 is 2.29 bits per heavy atom. The van der Waals surface area contributed by atoms with E-state index in [1.54, 1.807) is 0 Å². The summed E-state index contributed by atoms with van der Waals surface area (Å²) in [4.78, 5) is 37.6. The van der Waals surface area contributed by atoms with Gasteiger partial charge in [0.05, 0.1) is 26.6 Å². The first-order valence-electron chi connectivity index (χ1n) is 9.59. The van der Waals surface area contributed by atoms with Crippen LogP contribution in [-0.4, -0.2) is 26.8 Å². The van der Waals surface area contributed by atoms with Crippen LogP contribution in [0.25, 0.3) is 5.76 Å².